The van der Waals surface area contributed by atoms with Crippen molar-refractivity contribution >= 4 is 35.8 Å². The smallest absolute Gasteiger partial charge is 0.223 e. The third-order valence-electron chi connectivity index (χ3n) is 3.36. The first-order valence-corrected chi connectivity index (χ1v) is 7.80. The molecule has 6 nitrogen and oxygen atoms in total. The van der Waals surface area contributed by atoms with E-state index in [-0.39, 0.29) is 29.9 Å². The summed E-state index contributed by atoms with van der Waals surface area (Å²) in [7, 11) is 7.16. The highest BCUT2D eigenvalue weighted by Crippen LogP contribution is 2.12. The number of nitrogens with zero attached hydrogens (tertiary/aromatic N) is 3. The molecule has 136 valence electrons. The Kier molecular flexibility index (Phi) is 11.2. The van der Waals surface area contributed by atoms with Crippen LogP contribution in [-0.4, -0.2) is 63.0 Å². The van der Waals surface area contributed by atoms with Crippen LogP contribution in [0.2, 0.25) is 0 Å². The summed E-state index contributed by atoms with van der Waals surface area (Å²) in [5.74, 6) is 1.73. The van der Waals surface area contributed by atoms with Gasteiger partial charge in [0, 0.05) is 40.7 Å². The number of methoxy groups -OCH3 is 1. The Balaban J connectivity index is 0.00000529. The van der Waals surface area contributed by atoms with Gasteiger partial charge in [0.05, 0.1) is 13.7 Å². The molecule has 0 saturated heterocycles. The summed E-state index contributed by atoms with van der Waals surface area (Å²) < 4.78 is 5.17. The highest BCUT2D eigenvalue weighted by Gasteiger charge is 2.08. The number of hydrogen-bond acceptors (Lipinski definition) is 3. The maximum atomic E-state index is 11.6. The summed E-state index contributed by atoms with van der Waals surface area (Å²) in [6.45, 7) is 4.03. The Bertz CT molecular complexity index is 518. The molecule has 1 aromatic rings. The fourth-order valence-electron chi connectivity index (χ4n) is 2.03. The van der Waals surface area contributed by atoms with Gasteiger partial charge in [0.1, 0.15) is 5.75 Å². The largest absolute Gasteiger partial charge is 0.497 e. The van der Waals surface area contributed by atoms with Gasteiger partial charge in [-0.3, -0.25) is 9.79 Å². The molecule has 1 amide bonds. The van der Waals surface area contributed by atoms with Crippen LogP contribution in [0, 0.1) is 0 Å². The normalized spacial score (nSPS) is 10.6. The molecule has 0 aliphatic carbocycles. The molecule has 0 aliphatic heterocycles. The summed E-state index contributed by atoms with van der Waals surface area (Å²) in [4.78, 5) is 19.8. The molecule has 0 atom stereocenters. The second-order valence-electron chi connectivity index (χ2n) is 5.48. The van der Waals surface area contributed by atoms with Crippen LogP contribution >= 0.6 is 24.0 Å². The van der Waals surface area contributed by atoms with Crippen LogP contribution in [0.3, 0.4) is 0 Å². The first-order valence-electron chi connectivity index (χ1n) is 7.80. The number of halogens is 1. The zero-order valence-electron chi connectivity index (χ0n) is 15.2. The molecule has 1 aromatic carbocycles. The van der Waals surface area contributed by atoms with Crippen LogP contribution in [0.25, 0.3) is 0 Å². The molecule has 0 saturated carbocycles. The molecule has 0 unspecified atom stereocenters. The third kappa shape index (κ3) is 7.85. The van der Waals surface area contributed by atoms with E-state index < -0.39 is 0 Å². The fraction of sp³-hybridized carbons (Fsp3) is 0.529. The Morgan fingerprint density at radius 1 is 1.21 bits per heavy atom. The van der Waals surface area contributed by atoms with Gasteiger partial charge >= 0.3 is 0 Å². The molecule has 1 N–H and O–H groups in total. The molecule has 0 radical (unpaired) electrons. The predicted molar refractivity (Wildman–Crippen MR) is 109 cm³/mol. The van der Waals surface area contributed by atoms with E-state index >= 15 is 0 Å². The minimum Gasteiger partial charge on any atom is -0.497 e. The molecule has 0 aromatic heterocycles. The second-order valence-corrected chi connectivity index (χ2v) is 5.48. The van der Waals surface area contributed by atoms with E-state index in [1.807, 2.05) is 43.1 Å². The standard InChI is InChI=1S/C17H28N4O2.HI/c1-6-18-17(19-12-11-16(22)20(2)3)21(4)13-14-7-9-15(23-5)10-8-14;/h7-10H,6,11-13H2,1-5H3,(H,18,19);1H. The van der Waals surface area contributed by atoms with Gasteiger partial charge in [-0.25, -0.2) is 0 Å². The Hall–Kier alpha value is -1.51. The number of hydrogen-bond donors (Lipinski definition) is 1. The monoisotopic (exact) mass is 448 g/mol. The van der Waals surface area contributed by atoms with E-state index in [9.17, 15) is 4.79 Å². The van der Waals surface area contributed by atoms with Crippen LogP contribution in [0.5, 0.6) is 5.75 Å². The molecule has 0 heterocycles. The van der Waals surface area contributed by atoms with Gasteiger partial charge in [0.2, 0.25) is 5.91 Å². The highest BCUT2D eigenvalue weighted by molar-refractivity contribution is 14.0. The number of aliphatic imine (C=N–C) groups is 1. The van der Waals surface area contributed by atoms with Crippen molar-refractivity contribution in [2.45, 2.75) is 19.9 Å². The quantitative estimate of drug-likeness (QED) is 0.395. The topological polar surface area (TPSA) is 57.2 Å². The molecule has 0 fully saturated rings. The maximum absolute atomic E-state index is 11.6. The van der Waals surface area contributed by atoms with Crippen molar-refractivity contribution in [3.8, 4) is 5.75 Å². The Morgan fingerprint density at radius 2 is 1.83 bits per heavy atom. The van der Waals surface area contributed by atoms with Gasteiger partial charge < -0.3 is 19.9 Å². The lowest BCUT2D eigenvalue weighted by Crippen LogP contribution is -2.38. The van der Waals surface area contributed by atoms with Gasteiger partial charge in [-0.05, 0) is 24.6 Å². The minimum atomic E-state index is 0. The van der Waals surface area contributed by atoms with E-state index in [1.165, 1.54) is 5.56 Å². The van der Waals surface area contributed by atoms with Crippen molar-refractivity contribution < 1.29 is 9.53 Å². The highest BCUT2D eigenvalue weighted by atomic mass is 127. The van der Waals surface area contributed by atoms with E-state index in [1.54, 1.807) is 26.1 Å². The van der Waals surface area contributed by atoms with Gasteiger partial charge in [-0.1, -0.05) is 12.1 Å². The molecule has 0 bridgehead atoms. The summed E-state index contributed by atoms with van der Waals surface area (Å²) in [6.07, 6.45) is 0.415. The summed E-state index contributed by atoms with van der Waals surface area (Å²) in [5, 5.41) is 3.25. The van der Waals surface area contributed by atoms with Gasteiger partial charge in [-0.15, -0.1) is 24.0 Å². The van der Waals surface area contributed by atoms with Gasteiger partial charge in [0.15, 0.2) is 5.96 Å². The number of benzene rings is 1. The van der Waals surface area contributed by atoms with Crippen LogP contribution in [0.4, 0.5) is 0 Å². The lowest BCUT2D eigenvalue weighted by molar-refractivity contribution is -0.128. The summed E-state index contributed by atoms with van der Waals surface area (Å²) >= 11 is 0. The van der Waals surface area contributed by atoms with E-state index in [0.29, 0.717) is 13.0 Å². The second kappa shape index (κ2) is 11.9. The fourth-order valence-corrected chi connectivity index (χ4v) is 2.03. The number of rotatable bonds is 7. The number of carbonyl (C=O) groups excluding carboxylic acids is 1. The molecular formula is C17H29IN4O2. The number of nitrogens with one attached hydrogen (secondary N) is 1. The third-order valence-corrected chi connectivity index (χ3v) is 3.36. The van der Waals surface area contributed by atoms with Crippen LogP contribution in [0.1, 0.15) is 18.9 Å². The average molecular weight is 448 g/mol. The van der Waals surface area contributed by atoms with Crippen molar-refractivity contribution in [3.05, 3.63) is 29.8 Å². The molecule has 24 heavy (non-hydrogen) atoms. The first kappa shape index (κ1) is 22.5. The zero-order valence-corrected chi connectivity index (χ0v) is 17.5. The Labute approximate surface area is 162 Å². The summed E-state index contributed by atoms with van der Waals surface area (Å²) in [5.41, 5.74) is 1.17. The molecule has 0 spiro atoms. The van der Waals surface area contributed by atoms with E-state index in [0.717, 1.165) is 24.8 Å². The molecule has 1 rings (SSSR count). The predicted octanol–water partition coefficient (Wildman–Crippen LogP) is 2.19. The van der Waals surface area contributed by atoms with E-state index in [2.05, 4.69) is 10.3 Å². The molecule has 7 heteroatoms. The Morgan fingerprint density at radius 3 is 2.33 bits per heavy atom. The van der Waals surface area contributed by atoms with Crippen molar-refractivity contribution in [2.24, 2.45) is 4.99 Å². The van der Waals surface area contributed by atoms with Crippen molar-refractivity contribution in [1.82, 2.24) is 15.1 Å². The average Bonchev–Trinajstić information content (AvgIpc) is 2.54. The molecular weight excluding hydrogens is 419 g/mol. The van der Waals surface area contributed by atoms with Crippen LogP contribution in [0.15, 0.2) is 29.3 Å². The number of ether oxygens (including phenoxy) is 1. The van der Waals surface area contributed by atoms with E-state index in [4.69, 9.17) is 4.74 Å². The van der Waals surface area contributed by atoms with Crippen molar-refractivity contribution in [1.29, 1.82) is 0 Å². The van der Waals surface area contributed by atoms with Crippen LogP contribution < -0.4 is 10.1 Å². The lowest BCUT2D eigenvalue weighted by Gasteiger charge is -2.22. The maximum Gasteiger partial charge on any atom is 0.223 e. The van der Waals surface area contributed by atoms with Crippen LogP contribution in [-0.2, 0) is 11.3 Å². The number of guanidine groups is 1. The molecule has 0 aliphatic rings. The van der Waals surface area contributed by atoms with Crippen molar-refractivity contribution in [3.63, 3.8) is 0 Å². The summed E-state index contributed by atoms with van der Waals surface area (Å²) in [6, 6.07) is 7.97. The zero-order chi connectivity index (χ0) is 17.2. The SMILES string of the molecule is CCNC(=NCCC(=O)N(C)C)N(C)Cc1ccc(OC)cc1.I. The number of amides is 1. The van der Waals surface area contributed by atoms with Gasteiger partial charge in [0.25, 0.3) is 0 Å². The number of carbonyl (C=O) groups is 1. The van der Waals surface area contributed by atoms with Crippen molar-refractivity contribution in [2.75, 3.05) is 41.3 Å². The first-order chi connectivity index (χ1) is 11.0. The van der Waals surface area contributed by atoms with Gasteiger partial charge in [-0.2, -0.15) is 0 Å². The minimum absolute atomic E-state index is 0. The lowest BCUT2D eigenvalue weighted by atomic mass is 10.2.